The maximum absolute atomic E-state index is 5.73. The third-order valence-electron chi connectivity index (χ3n) is 5.15. The number of hydrogen-bond donors (Lipinski definition) is 1. The Morgan fingerprint density at radius 2 is 2.12 bits per heavy atom. The summed E-state index contributed by atoms with van der Waals surface area (Å²) in [6.45, 7) is 7.02. The molecule has 4 heterocycles. The van der Waals surface area contributed by atoms with Crippen LogP contribution in [0.1, 0.15) is 37.1 Å². The standard InChI is InChI=1S/C18H26N6OS/c1-3-4-15(13-11-16-14(20-12-13)5-10-25-16)23-6-8-24(9-7-23)18-22-21-17(19-2)26-18/h11-12,15H,3-10H2,1-2H3,(H,19,21). The van der Waals surface area contributed by atoms with Crippen molar-refractivity contribution in [3.05, 3.63) is 23.5 Å². The predicted octanol–water partition coefficient (Wildman–Crippen LogP) is 2.57. The van der Waals surface area contributed by atoms with Gasteiger partial charge in [-0.15, -0.1) is 10.2 Å². The topological polar surface area (TPSA) is 66.4 Å². The summed E-state index contributed by atoms with van der Waals surface area (Å²) in [4.78, 5) is 9.56. The third kappa shape index (κ3) is 3.48. The van der Waals surface area contributed by atoms with Crippen molar-refractivity contribution in [1.82, 2.24) is 20.1 Å². The first-order valence-corrected chi connectivity index (χ1v) is 10.2. The summed E-state index contributed by atoms with van der Waals surface area (Å²) < 4.78 is 5.73. The Bertz CT molecular complexity index is 743. The molecule has 140 valence electrons. The smallest absolute Gasteiger partial charge is 0.210 e. The molecule has 8 heteroatoms. The lowest BCUT2D eigenvalue weighted by molar-refractivity contribution is 0.175. The maximum Gasteiger partial charge on any atom is 0.210 e. The normalized spacial score (nSPS) is 18.5. The molecule has 2 aromatic heterocycles. The molecule has 0 bridgehead atoms. The van der Waals surface area contributed by atoms with Crippen LogP contribution in [0.2, 0.25) is 0 Å². The Morgan fingerprint density at radius 1 is 1.27 bits per heavy atom. The Labute approximate surface area is 158 Å². The fourth-order valence-electron chi connectivity index (χ4n) is 3.74. The van der Waals surface area contributed by atoms with Crippen LogP contribution in [0.4, 0.5) is 10.3 Å². The van der Waals surface area contributed by atoms with Crippen molar-refractivity contribution < 1.29 is 4.74 Å². The SMILES string of the molecule is CCCC(c1cnc2c(c1)OCC2)N1CCN(c2nnc(NC)s2)CC1. The molecule has 0 radical (unpaired) electrons. The number of rotatable bonds is 6. The van der Waals surface area contributed by atoms with Crippen molar-refractivity contribution in [2.45, 2.75) is 32.2 Å². The first-order chi connectivity index (χ1) is 12.8. The zero-order valence-electron chi connectivity index (χ0n) is 15.4. The zero-order valence-corrected chi connectivity index (χ0v) is 16.3. The van der Waals surface area contributed by atoms with Gasteiger partial charge in [0.25, 0.3) is 0 Å². The number of ether oxygens (including phenoxy) is 1. The molecule has 26 heavy (non-hydrogen) atoms. The van der Waals surface area contributed by atoms with E-state index in [0.29, 0.717) is 6.04 Å². The number of aromatic nitrogens is 3. The van der Waals surface area contributed by atoms with Gasteiger partial charge in [0.1, 0.15) is 5.75 Å². The molecule has 2 aliphatic heterocycles. The van der Waals surface area contributed by atoms with Gasteiger partial charge in [-0.25, -0.2) is 0 Å². The van der Waals surface area contributed by atoms with Gasteiger partial charge in [-0.2, -0.15) is 0 Å². The highest BCUT2D eigenvalue weighted by molar-refractivity contribution is 7.19. The molecule has 1 fully saturated rings. The van der Waals surface area contributed by atoms with Crippen LogP contribution in [0.3, 0.4) is 0 Å². The van der Waals surface area contributed by atoms with E-state index < -0.39 is 0 Å². The van der Waals surface area contributed by atoms with Crippen LogP contribution >= 0.6 is 11.3 Å². The lowest BCUT2D eigenvalue weighted by atomic mass is 10.0. The van der Waals surface area contributed by atoms with E-state index in [9.17, 15) is 0 Å². The minimum atomic E-state index is 0.409. The van der Waals surface area contributed by atoms with Gasteiger partial charge in [0.15, 0.2) is 0 Å². The Kier molecular flexibility index (Phi) is 5.21. The van der Waals surface area contributed by atoms with E-state index in [1.807, 2.05) is 7.05 Å². The summed E-state index contributed by atoms with van der Waals surface area (Å²) in [5, 5.41) is 13.4. The summed E-state index contributed by atoms with van der Waals surface area (Å²) in [6, 6.07) is 2.62. The van der Waals surface area contributed by atoms with Gasteiger partial charge in [-0.05, 0) is 18.1 Å². The zero-order chi connectivity index (χ0) is 17.9. The highest BCUT2D eigenvalue weighted by atomic mass is 32.1. The predicted molar refractivity (Wildman–Crippen MR) is 104 cm³/mol. The van der Waals surface area contributed by atoms with Crippen molar-refractivity contribution in [3.63, 3.8) is 0 Å². The maximum atomic E-state index is 5.73. The molecule has 7 nitrogen and oxygen atoms in total. The lowest BCUT2D eigenvalue weighted by Gasteiger charge is -2.39. The molecule has 2 aliphatic rings. The van der Waals surface area contributed by atoms with Crippen LogP contribution in [0, 0.1) is 0 Å². The van der Waals surface area contributed by atoms with E-state index in [1.54, 1.807) is 11.3 Å². The number of nitrogens with one attached hydrogen (secondary N) is 1. The van der Waals surface area contributed by atoms with Crippen molar-refractivity contribution >= 4 is 21.6 Å². The number of nitrogens with zero attached hydrogens (tertiary/aromatic N) is 5. The van der Waals surface area contributed by atoms with E-state index in [2.05, 4.69) is 49.5 Å². The highest BCUT2D eigenvalue weighted by Crippen LogP contribution is 2.33. The van der Waals surface area contributed by atoms with E-state index in [0.717, 1.165) is 73.8 Å². The second kappa shape index (κ2) is 7.75. The minimum Gasteiger partial charge on any atom is -0.491 e. The second-order valence-electron chi connectivity index (χ2n) is 6.78. The van der Waals surface area contributed by atoms with E-state index in [-0.39, 0.29) is 0 Å². The van der Waals surface area contributed by atoms with Gasteiger partial charge in [0.05, 0.1) is 12.3 Å². The monoisotopic (exact) mass is 374 g/mol. The van der Waals surface area contributed by atoms with Crippen LogP contribution < -0.4 is 15.0 Å². The van der Waals surface area contributed by atoms with Gasteiger partial charge in [0.2, 0.25) is 10.3 Å². The molecule has 4 rings (SSSR count). The van der Waals surface area contributed by atoms with Crippen LogP contribution in [-0.2, 0) is 6.42 Å². The Hall–Kier alpha value is -1.93. The Morgan fingerprint density at radius 3 is 2.85 bits per heavy atom. The van der Waals surface area contributed by atoms with Crippen molar-refractivity contribution in [1.29, 1.82) is 0 Å². The summed E-state index contributed by atoms with van der Waals surface area (Å²) in [5.41, 5.74) is 2.39. The molecule has 1 saturated heterocycles. The van der Waals surface area contributed by atoms with Crippen LogP contribution in [0.5, 0.6) is 5.75 Å². The van der Waals surface area contributed by atoms with Crippen molar-refractivity contribution in [2.24, 2.45) is 0 Å². The fraction of sp³-hybridized carbons (Fsp3) is 0.611. The molecule has 0 spiro atoms. The third-order valence-corrected chi connectivity index (χ3v) is 6.15. The number of anilines is 2. The summed E-state index contributed by atoms with van der Waals surface area (Å²) >= 11 is 1.62. The number of fused-ring (bicyclic) bond motifs is 1. The van der Waals surface area contributed by atoms with E-state index >= 15 is 0 Å². The van der Waals surface area contributed by atoms with E-state index in [4.69, 9.17) is 4.74 Å². The first kappa shape index (κ1) is 17.5. The quantitative estimate of drug-likeness (QED) is 0.833. The van der Waals surface area contributed by atoms with Crippen LogP contribution in [0.15, 0.2) is 12.3 Å². The van der Waals surface area contributed by atoms with Crippen LogP contribution in [-0.4, -0.2) is 59.9 Å². The van der Waals surface area contributed by atoms with Crippen molar-refractivity contribution in [3.8, 4) is 5.75 Å². The molecule has 1 N–H and O–H groups in total. The number of piperazine rings is 1. The van der Waals surface area contributed by atoms with Gasteiger partial charge in [-0.3, -0.25) is 9.88 Å². The summed E-state index contributed by atoms with van der Waals surface area (Å²) in [6.07, 6.45) is 5.29. The van der Waals surface area contributed by atoms with Crippen LogP contribution in [0.25, 0.3) is 0 Å². The number of pyridine rings is 1. The summed E-state index contributed by atoms with van der Waals surface area (Å²) in [5.74, 6) is 0.982. The number of hydrogen-bond acceptors (Lipinski definition) is 8. The second-order valence-corrected chi connectivity index (χ2v) is 7.74. The highest BCUT2D eigenvalue weighted by Gasteiger charge is 2.27. The molecular formula is C18H26N6OS. The van der Waals surface area contributed by atoms with Gasteiger partial charge < -0.3 is 15.0 Å². The molecule has 0 amide bonds. The molecule has 0 aromatic carbocycles. The van der Waals surface area contributed by atoms with Gasteiger partial charge >= 0.3 is 0 Å². The average Bonchev–Trinajstić information content (AvgIpc) is 3.35. The minimum absolute atomic E-state index is 0.409. The molecule has 1 unspecified atom stereocenters. The molecule has 2 aromatic rings. The van der Waals surface area contributed by atoms with Crippen molar-refractivity contribution in [2.75, 3.05) is 50.1 Å². The molecule has 0 saturated carbocycles. The largest absolute Gasteiger partial charge is 0.491 e. The molecule has 0 aliphatic carbocycles. The van der Waals surface area contributed by atoms with Gasteiger partial charge in [-0.1, -0.05) is 24.7 Å². The average molecular weight is 375 g/mol. The first-order valence-electron chi connectivity index (χ1n) is 9.40. The Balaban J connectivity index is 1.45. The molecular weight excluding hydrogens is 348 g/mol. The fourth-order valence-corrected chi connectivity index (χ4v) is 4.49. The van der Waals surface area contributed by atoms with E-state index in [1.165, 1.54) is 5.56 Å². The lowest BCUT2D eigenvalue weighted by Crippen LogP contribution is -2.47. The molecule has 1 atom stereocenters. The summed E-state index contributed by atoms with van der Waals surface area (Å²) in [7, 11) is 1.88. The van der Waals surface area contributed by atoms with Gasteiger partial charge in [0, 0.05) is 51.9 Å².